The molecule has 0 atom stereocenters. The van der Waals surface area contributed by atoms with Crippen molar-refractivity contribution in [3.8, 4) is 0 Å². The highest BCUT2D eigenvalue weighted by Gasteiger charge is 2.16. The Morgan fingerprint density at radius 3 is 2.46 bits per heavy atom. The molecule has 0 aliphatic carbocycles. The van der Waals surface area contributed by atoms with E-state index in [1.807, 2.05) is 13.0 Å². The van der Waals surface area contributed by atoms with Crippen molar-refractivity contribution in [1.29, 1.82) is 0 Å². The van der Waals surface area contributed by atoms with Crippen LogP contribution in [0.1, 0.15) is 59.2 Å². The van der Waals surface area contributed by atoms with E-state index in [4.69, 9.17) is 0 Å². The number of hydrogen-bond donors (Lipinski definition) is 1. The molecule has 0 unspecified atom stereocenters. The molecule has 2 rings (SSSR count). The van der Waals surface area contributed by atoms with Gasteiger partial charge in [-0.15, -0.1) is 11.3 Å². The maximum absolute atomic E-state index is 12.6. The van der Waals surface area contributed by atoms with Gasteiger partial charge in [0.1, 0.15) is 4.88 Å². The molecule has 26 heavy (non-hydrogen) atoms. The predicted molar refractivity (Wildman–Crippen MR) is 110 cm³/mol. The Balaban J connectivity index is 2.05. The summed E-state index contributed by atoms with van der Waals surface area (Å²) in [7, 11) is 0. The first kappa shape index (κ1) is 20.6. The topological polar surface area (TPSA) is 45.2 Å². The maximum atomic E-state index is 12.6. The Morgan fingerprint density at radius 1 is 1.19 bits per heavy atom. The fraction of sp³-hybridized carbons (Fsp3) is 0.524. The second kappa shape index (κ2) is 9.83. The molecule has 0 fully saturated rings. The third-order valence-corrected chi connectivity index (χ3v) is 5.65. The van der Waals surface area contributed by atoms with Crippen molar-refractivity contribution in [2.75, 3.05) is 13.1 Å². The Morgan fingerprint density at radius 2 is 1.85 bits per heavy atom. The number of benzene rings is 1. The van der Waals surface area contributed by atoms with Crippen molar-refractivity contribution in [3.05, 3.63) is 51.0 Å². The summed E-state index contributed by atoms with van der Waals surface area (Å²) in [5.41, 5.74) is 3.29. The molecule has 0 aliphatic heterocycles. The summed E-state index contributed by atoms with van der Waals surface area (Å²) in [6.07, 6.45) is 0.922. The van der Waals surface area contributed by atoms with Gasteiger partial charge in [0.15, 0.2) is 0 Å². The van der Waals surface area contributed by atoms with E-state index in [2.05, 4.69) is 61.1 Å². The van der Waals surface area contributed by atoms with Crippen molar-refractivity contribution in [2.24, 2.45) is 5.92 Å². The number of rotatable bonds is 9. The van der Waals surface area contributed by atoms with Crippen LogP contribution in [0.5, 0.6) is 0 Å². The van der Waals surface area contributed by atoms with E-state index in [1.165, 1.54) is 22.5 Å². The largest absolute Gasteiger partial charge is 0.347 e. The Hall–Kier alpha value is -1.72. The van der Waals surface area contributed by atoms with Crippen LogP contribution in [-0.2, 0) is 19.5 Å². The SMILES string of the molecule is CCN(CC)Cc1ccccc1CNC(=O)c1sc(CC(C)C)nc1C. The van der Waals surface area contributed by atoms with Gasteiger partial charge in [0.05, 0.1) is 10.7 Å². The third-order valence-electron chi connectivity index (χ3n) is 4.48. The normalized spacial score (nSPS) is 11.3. The van der Waals surface area contributed by atoms with Gasteiger partial charge in [-0.25, -0.2) is 4.98 Å². The first-order chi connectivity index (χ1) is 12.4. The highest BCUT2D eigenvalue weighted by atomic mass is 32.1. The van der Waals surface area contributed by atoms with E-state index in [-0.39, 0.29) is 5.91 Å². The zero-order valence-corrected chi connectivity index (χ0v) is 17.4. The number of nitrogens with zero attached hydrogens (tertiary/aromatic N) is 2. The standard InChI is InChI=1S/C21H31N3OS/c1-6-24(7-2)14-18-11-9-8-10-17(18)13-22-21(25)20-16(5)23-19(26-20)12-15(3)4/h8-11,15H,6-7,12-14H2,1-5H3,(H,22,25). The smallest absolute Gasteiger partial charge is 0.263 e. The molecular weight excluding hydrogens is 342 g/mol. The number of hydrogen-bond acceptors (Lipinski definition) is 4. The first-order valence-electron chi connectivity index (χ1n) is 9.48. The maximum Gasteiger partial charge on any atom is 0.263 e. The summed E-state index contributed by atoms with van der Waals surface area (Å²) in [6, 6.07) is 8.35. The Kier molecular flexibility index (Phi) is 7.79. The van der Waals surface area contributed by atoms with Gasteiger partial charge in [-0.3, -0.25) is 9.69 Å². The van der Waals surface area contributed by atoms with Crippen LogP contribution in [0.2, 0.25) is 0 Å². The number of carbonyl (C=O) groups is 1. The van der Waals surface area contributed by atoms with Crippen LogP contribution in [0.25, 0.3) is 0 Å². The van der Waals surface area contributed by atoms with Crippen LogP contribution in [0, 0.1) is 12.8 Å². The average molecular weight is 374 g/mol. The lowest BCUT2D eigenvalue weighted by Crippen LogP contribution is -2.26. The second-order valence-electron chi connectivity index (χ2n) is 7.03. The van der Waals surface area contributed by atoms with E-state index in [0.717, 1.165) is 41.6 Å². The summed E-state index contributed by atoms with van der Waals surface area (Å²) < 4.78 is 0. The number of nitrogens with one attached hydrogen (secondary N) is 1. The molecule has 0 saturated carbocycles. The Labute approximate surface area is 161 Å². The Bertz CT molecular complexity index is 720. The molecular formula is C21H31N3OS. The number of carbonyl (C=O) groups excluding carboxylic acids is 1. The van der Waals surface area contributed by atoms with Gasteiger partial charge in [0, 0.05) is 19.5 Å². The van der Waals surface area contributed by atoms with E-state index >= 15 is 0 Å². The molecule has 2 aromatic rings. The van der Waals surface area contributed by atoms with Gasteiger partial charge < -0.3 is 5.32 Å². The fourth-order valence-corrected chi connectivity index (χ4v) is 4.12. The minimum absolute atomic E-state index is 0.0207. The van der Waals surface area contributed by atoms with Gasteiger partial charge in [-0.1, -0.05) is 52.0 Å². The highest BCUT2D eigenvalue weighted by molar-refractivity contribution is 7.13. The lowest BCUT2D eigenvalue weighted by atomic mass is 10.1. The minimum atomic E-state index is -0.0207. The van der Waals surface area contributed by atoms with E-state index in [9.17, 15) is 4.79 Å². The predicted octanol–water partition coefficient (Wildman–Crippen LogP) is 4.42. The molecule has 0 radical (unpaired) electrons. The zero-order valence-electron chi connectivity index (χ0n) is 16.6. The number of thiazole rings is 1. The van der Waals surface area contributed by atoms with Gasteiger partial charge >= 0.3 is 0 Å². The molecule has 1 N–H and O–H groups in total. The van der Waals surface area contributed by atoms with Gasteiger partial charge in [-0.05, 0) is 37.1 Å². The van der Waals surface area contributed by atoms with Crippen LogP contribution in [0.15, 0.2) is 24.3 Å². The second-order valence-corrected chi connectivity index (χ2v) is 8.12. The van der Waals surface area contributed by atoms with Gasteiger partial charge in [0.2, 0.25) is 0 Å². The molecule has 0 spiro atoms. The summed E-state index contributed by atoms with van der Waals surface area (Å²) >= 11 is 1.52. The van der Waals surface area contributed by atoms with E-state index < -0.39 is 0 Å². The summed E-state index contributed by atoms with van der Waals surface area (Å²) in [4.78, 5) is 20.3. The summed E-state index contributed by atoms with van der Waals surface area (Å²) in [5, 5.41) is 4.13. The zero-order chi connectivity index (χ0) is 19.1. The van der Waals surface area contributed by atoms with Gasteiger partial charge in [-0.2, -0.15) is 0 Å². The van der Waals surface area contributed by atoms with Crippen LogP contribution in [0.3, 0.4) is 0 Å². The number of amides is 1. The highest BCUT2D eigenvalue weighted by Crippen LogP contribution is 2.21. The quantitative estimate of drug-likeness (QED) is 0.707. The van der Waals surface area contributed by atoms with Gasteiger partial charge in [0.25, 0.3) is 5.91 Å². The lowest BCUT2D eigenvalue weighted by molar-refractivity contribution is 0.0954. The molecule has 4 nitrogen and oxygen atoms in total. The molecule has 0 aliphatic rings. The monoisotopic (exact) mass is 373 g/mol. The van der Waals surface area contributed by atoms with E-state index in [0.29, 0.717) is 12.5 Å². The number of aryl methyl sites for hydroxylation is 1. The van der Waals surface area contributed by atoms with Crippen molar-refractivity contribution in [2.45, 2.75) is 54.1 Å². The van der Waals surface area contributed by atoms with Crippen molar-refractivity contribution in [3.63, 3.8) is 0 Å². The third kappa shape index (κ3) is 5.64. The molecule has 5 heteroatoms. The van der Waals surface area contributed by atoms with Crippen LogP contribution < -0.4 is 5.32 Å². The van der Waals surface area contributed by atoms with Crippen LogP contribution in [0.4, 0.5) is 0 Å². The summed E-state index contributed by atoms with van der Waals surface area (Å²) in [5.74, 6) is 0.524. The van der Waals surface area contributed by atoms with Crippen molar-refractivity contribution in [1.82, 2.24) is 15.2 Å². The average Bonchev–Trinajstić information content (AvgIpc) is 2.97. The van der Waals surface area contributed by atoms with E-state index in [1.54, 1.807) is 0 Å². The van der Waals surface area contributed by atoms with Crippen molar-refractivity contribution < 1.29 is 4.79 Å². The molecule has 1 aromatic heterocycles. The molecule has 1 heterocycles. The number of aromatic nitrogens is 1. The molecule has 0 saturated heterocycles. The molecule has 142 valence electrons. The van der Waals surface area contributed by atoms with Crippen LogP contribution in [-0.4, -0.2) is 28.9 Å². The lowest BCUT2D eigenvalue weighted by Gasteiger charge is -2.20. The molecule has 0 bridgehead atoms. The minimum Gasteiger partial charge on any atom is -0.347 e. The molecule has 1 aromatic carbocycles. The van der Waals surface area contributed by atoms with Crippen LogP contribution >= 0.6 is 11.3 Å². The van der Waals surface area contributed by atoms with Crippen molar-refractivity contribution >= 4 is 17.2 Å². The first-order valence-corrected chi connectivity index (χ1v) is 10.3. The molecule has 1 amide bonds. The summed E-state index contributed by atoms with van der Waals surface area (Å²) in [6.45, 7) is 14.1. The fourth-order valence-electron chi connectivity index (χ4n) is 2.93.